The molecule has 2 aliphatic rings. The first-order valence-corrected chi connectivity index (χ1v) is 11.8. The molecule has 8 heteroatoms. The van der Waals surface area contributed by atoms with E-state index in [2.05, 4.69) is 57.2 Å². The van der Waals surface area contributed by atoms with Gasteiger partial charge in [0.15, 0.2) is 0 Å². The monoisotopic (exact) mass is 471 g/mol. The largest absolute Gasteiger partial charge is 0.423 e. The number of aromatic amines is 1. The first kappa shape index (κ1) is 21.5. The van der Waals surface area contributed by atoms with Crippen LogP contribution in [0.25, 0.3) is 21.7 Å². The number of cyclic esters (lactones) is 2. The number of rotatable bonds is 6. The number of ether oxygens (including phenoxy) is 3. The van der Waals surface area contributed by atoms with Crippen molar-refractivity contribution in [1.29, 1.82) is 0 Å². The van der Waals surface area contributed by atoms with Crippen molar-refractivity contribution in [2.45, 2.75) is 12.4 Å². The Morgan fingerprint density at radius 1 is 0.857 bits per heavy atom. The van der Waals surface area contributed by atoms with Gasteiger partial charge in [0, 0.05) is 55.5 Å². The van der Waals surface area contributed by atoms with E-state index in [4.69, 9.17) is 14.2 Å². The van der Waals surface area contributed by atoms with E-state index in [-0.39, 0.29) is 6.42 Å². The average Bonchev–Trinajstić information content (AvgIpc) is 3.48. The Morgan fingerprint density at radius 2 is 1.63 bits per heavy atom. The lowest BCUT2D eigenvalue weighted by Crippen LogP contribution is -2.49. The maximum absolute atomic E-state index is 11.9. The number of piperazine rings is 1. The van der Waals surface area contributed by atoms with Gasteiger partial charge in [-0.05, 0) is 41.1 Å². The van der Waals surface area contributed by atoms with Gasteiger partial charge in [0.2, 0.25) is 0 Å². The van der Waals surface area contributed by atoms with Crippen molar-refractivity contribution in [3.8, 4) is 5.75 Å². The summed E-state index contributed by atoms with van der Waals surface area (Å²) in [4.78, 5) is 31.6. The highest BCUT2D eigenvalue weighted by molar-refractivity contribution is 6.31. The number of nitrogens with one attached hydrogen (secondary N) is 1. The summed E-state index contributed by atoms with van der Waals surface area (Å²) in [6.45, 7) is 3.95. The van der Waals surface area contributed by atoms with E-state index < -0.39 is 17.9 Å². The number of anilines is 1. The number of carbonyl (C=O) groups is 2. The van der Waals surface area contributed by atoms with E-state index in [1.807, 2.05) is 18.2 Å². The van der Waals surface area contributed by atoms with Gasteiger partial charge in [0.1, 0.15) is 5.75 Å². The van der Waals surface area contributed by atoms with E-state index >= 15 is 0 Å². The Morgan fingerprint density at radius 3 is 2.43 bits per heavy atom. The molecule has 0 atom stereocenters. The van der Waals surface area contributed by atoms with Crippen molar-refractivity contribution >= 4 is 39.3 Å². The van der Waals surface area contributed by atoms with Gasteiger partial charge in [-0.25, -0.2) is 9.59 Å². The van der Waals surface area contributed by atoms with Crippen LogP contribution in [0.4, 0.5) is 5.69 Å². The van der Waals surface area contributed by atoms with Crippen molar-refractivity contribution in [2.24, 2.45) is 0 Å². The Hall–Kier alpha value is -4.04. The van der Waals surface area contributed by atoms with Gasteiger partial charge >= 0.3 is 17.9 Å². The van der Waals surface area contributed by atoms with Gasteiger partial charge in [-0.3, -0.25) is 4.90 Å². The van der Waals surface area contributed by atoms with Gasteiger partial charge in [-0.15, -0.1) is 0 Å². The zero-order chi connectivity index (χ0) is 23.8. The van der Waals surface area contributed by atoms with Crippen LogP contribution in [0, 0.1) is 0 Å². The summed E-state index contributed by atoms with van der Waals surface area (Å²) in [7, 11) is 0. The van der Waals surface area contributed by atoms with Crippen LogP contribution in [0.3, 0.4) is 0 Å². The fourth-order valence-electron chi connectivity index (χ4n) is 4.79. The van der Waals surface area contributed by atoms with Gasteiger partial charge in [0.05, 0.1) is 6.42 Å². The summed E-state index contributed by atoms with van der Waals surface area (Å²) in [6, 6.07) is 22.3. The van der Waals surface area contributed by atoms with Gasteiger partial charge in [-0.2, -0.15) is 0 Å². The molecule has 0 saturated carbocycles. The van der Waals surface area contributed by atoms with Crippen LogP contribution in [0.5, 0.6) is 5.75 Å². The highest BCUT2D eigenvalue weighted by Crippen LogP contribution is 2.34. The standard InChI is InChI=1S/C27H25N3O5/c31-25-26(32)35-27(34-25,33-24-7-3-6-23-22(24)10-12-28-23)11-13-29-14-16-30(17-15-29)21-9-8-19-4-1-2-5-20(19)18-21/h1-10,12,18,28H,11,13-17H2. The van der Waals surface area contributed by atoms with Crippen LogP contribution in [0.1, 0.15) is 6.42 Å². The predicted octanol–water partition coefficient (Wildman–Crippen LogP) is 3.67. The molecule has 0 radical (unpaired) electrons. The van der Waals surface area contributed by atoms with E-state index in [9.17, 15) is 9.59 Å². The smallest absolute Gasteiger partial charge is 0.420 e. The maximum Gasteiger partial charge on any atom is 0.423 e. The topological polar surface area (TPSA) is 84.1 Å². The number of aromatic nitrogens is 1. The fraction of sp³-hybridized carbons (Fsp3) is 0.259. The zero-order valence-corrected chi connectivity index (χ0v) is 19.1. The van der Waals surface area contributed by atoms with Crippen LogP contribution in [0.15, 0.2) is 72.9 Å². The number of nitrogens with zero attached hydrogens (tertiary/aromatic N) is 2. The lowest BCUT2D eigenvalue weighted by Gasteiger charge is -2.37. The quantitative estimate of drug-likeness (QED) is 0.339. The molecule has 3 aromatic carbocycles. The third kappa shape index (κ3) is 4.17. The fourth-order valence-corrected chi connectivity index (χ4v) is 4.79. The molecule has 3 heterocycles. The Balaban J connectivity index is 1.12. The van der Waals surface area contributed by atoms with Crippen LogP contribution in [0.2, 0.25) is 0 Å². The number of fused-ring (bicyclic) bond motifs is 2. The third-order valence-electron chi connectivity index (χ3n) is 6.69. The van der Waals surface area contributed by atoms with Crippen molar-refractivity contribution < 1.29 is 23.8 Å². The second kappa shape index (κ2) is 8.63. The molecular weight excluding hydrogens is 446 g/mol. The Bertz CT molecular complexity index is 1390. The average molecular weight is 472 g/mol. The molecule has 1 N–H and O–H groups in total. The minimum absolute atomic E-state index is 0.210. The molecule has 2 saturated heterocycles. The summed E-state index contributed by atoms with van der Waals surface area (Å²) in [5, 5.41) is 3.28. The van der Waals surface area contributed by atoms with Crippen molar-refractivity contribution in [3.05, 3.63) is 72.9 Å². The van der Waals surface area contributed by atoms with Crippen LogP contribution < -0.4 is 9.64 Å². The number of benzene rings is 3. The molecular formula is C27H25N3O5. The molecule has 0 aliphatic carbocycles. The molecule has 0 bridgehead atoms. The van der Waals surface area contributed by atoms with Crippen LogP contribution in [-0.2, 0) is 19.1 Å². The second-order valence-electron chi connectivity index (χ2n) is 8.87. The molecule has 6 rings (SSSR count). The first-order valence-electron chi connectivity index (χ1n) is 11.8. The van der Waals surface area contributed by atoms with Crippen molar-refractivity contribution in [1.82, 2.24) is 9.88 Å². The van der Waals surface area contributed by atoms with E-state index in [0.29, 0.717) is 12.3 Å². The Labute approximate surface area is 202 Å². The summed E-state index contributed by atoms with van der Waals surface area (Å²) in [5.74, 6) is -3.36. The van der Waals surface area contributed by atoms with Crippen molar-refractivity contribution in [2.75, 3.05) is 37.6 Å². The molecule has 4 aromatic rings. The number of H-pyrrole nitrogens is 1. The number of hydrogen-bond donors (Lipinski definition) is 1. The number of hydrogen-bond acceptors (Lipinski definition) is 7. The van der Waals surface area contributed by atoms with Gasteiger partial charge < -0.3 is 24.1 Å². The van der Waals surface area contributed by atoms with Crippen LogP contribution in [-0.4, -0.2) is 60.5 Å². The van der Waals surface area contributed by atoms with Gasteiger partial charge in [0.25, 0.3) is 0 Å². The second-order valence-corrected chi connectivity index (χ2v) is 8.87. The Kier molecular flexibility index (Phi) is 5.30. The minimum atomic E-state index is -1.77. The van der Waals surface area contributed by atoms with Gasteiger partial charge in [-0.1, -0.05) is 36.4 Å². The highest BCUT2D eigenvalue weighted by atomic mass is 16.9. The summed E-state index contributed by atoms with van der Waals surface area (Å²) >= 11 is 0. The highest BCUT2D eigenvalue weighted by Gasteiger charge is 2.51. The third-order valence-corrected chi connectivity index (χ3v) is 6.69. The molecule has 1 aromatic heterocycles. The molecule has 0 spiro atoms. The predicted molar refractivity (Wildman–Crippen MR) is 131 cm³/mol. The van der Waals surface area contributed by atoms with E-state index in [1.54, 1.807) is 12.3 Å². The molecule has 8 nitrogen and oxygen atoms in total. The zero-order valence-electron chi connectivity index (χ0n) is 19.1. The summed E-state index contributed by atoms with van der Waals surface area (Å²) in [6.07, 6.45) is 2.01. The molecule has 2 aliphatic heterocycles. The maximum atomic E-state index is 11.9. The minimum Gasteiger partial charge on any atom is -0.420 e. The van der Waals surface area contributed by atoms with Crippen LogP contribution >= 0.6 is 0 Å². The summed E-state index contributed by atoms with van der Waals surface area (Å²) < 4.78 is 16.7. The van der Waals surface area contributed by atoms with E-state index in [0.717, 1.165) is 37.1 Å². The van der Waals surface area contributed by atoms with Crippen molar-refractivity contribution in [3.63, 3.8) is 0 Å². The SMILES string of the molecule is O=C1OC(CCN2CCN(c3ccc4ccccc4c3)CC2)(Oc2cccc3[nH]ccc23)OC1=O. The number of esters is 2. The summed E-state index contributed by atoms with van der Waals surface area (Å²) in [5.41, 5.74) is 2.08. The van der Waals surface area contributed by atoms with E-state index in [1.165, 1.54) is 16.5 Å². The first-order chi connectivity index (χ1) is 17.1. The molecule has 0 unspecified atom stereocenters. The lowest BCUT2D eigenvalue weighted by molar-refractivity contribution is -0.278. The molecule has 0 amide bonds. The lowest BCUT2D eigenvalue weighted by atomic mass is 10.1. The normalized spacial score (nSPS) is 18.1. The molecule has 35 heavy (non-hydrogen) atoms. The molecule has 178 valence electrons. The number of carbonyl (C=O) groups excluding carboxylic acids is 2. The molecule has 2 fully saturated rings.